The molecule has 1 aromatic rings. The lowest BCUT2D eigenvalue weighted by Crippen LogP contribution is -2.35. The van der Waals surface area contributed by atoms with E-state index in [0.717, 1.165) is 5.56 Å². The van der Waals surface area contributed by atoms with Crippen LogP contribution in [0.5, 0.6) is 0 Å². The van der Waals surface area contributed by atoms with Crippen LogP contribution in [0.4, 0.5) is 9.59 Å². The molecule has 25 heavy (non-hydrogen) atoms. The fourth-order valence-electron chi connectivity index (χ4n) is 2.52. The van der Waals surface area contributed by atoms with Gasteiger partial charge in [0, 0.05) is 19.0 Å². The SMILES string of the molecule is CC(C)COC(=O)N1CC(O)C(CNC(=O)OCc2ccccc2)C1. The fraction of sp³-hybridized carbons (Fsp3) is 0.556. The number of benzene rings is 1. The Labute approximate surface area is 147 Å². The lowest BCUT2D eigenvalue weighted by molar-refractivity contribution is 0.0927. The summed E-state index contributed by atoms with van der Waals surface area (Å²) in [5, 5.41) is 12.7. The van der Waals surface area contributed by atoms with Crippen LogP contribution >= 0.6 is 0 Å². The van der Waals surface area contributed by atoms with Gasteiger partial charge in [-0.1, -0.05) is 44.2 Å². The molecule has 2 atom stereocenters. The second-order valence-corrected chi connectivity index (χ2v) is 6.65. The van der Waals surface area contributed by atoms with Crippen molar-refractivity contribution in [2.45, 2.75) is 26.6 Å². The molecule has 0 bridgehead atoms. The number of alkyl carbamates (subject to hydrolysis) is 1. The molecule has 138 valence electrons. The minimum atomic E-state index is -0.693. The first-order valence-corrected chi connectivity index (χ1v) is 8.50. The maximum atomic E-state index is 11.9. The maximum absolute atomic E-state index is 11.9. The summed E-state index contributed by atoms with van der Waals surface area (Å²) in [6.45, 7) is 5.25. The molecule has 0 radical (unpaired) electrons. The van der Waals surface area contributed by atoms with Crippen molar-refractivity contribution < 1.29 is 24.2 Å². The predicted octanol–water partition coefficient (Wildman–Crippen LogP) is 2.00. The van der Waals surface area contributed by atoms with Crippen molar-refractivity contribution in [3.63, 3.8) is 0 Å². The van der Waals surface area contributed by atoms with Crippen LogP contribution in [0.1, 0.15) is 19.4 Å². The van der Waals surface area contributed by atoms with E-state index in [9.17, 15) is 14.7 Å². The smallest absolute Gasteiger partial charge is 0.409 e. The Balaban J connectivity index is 1.69. The van der Waals surface area contributed by atoms with Crippen molar-refractivity contribution in [2.75, 3.05) is 26.2 Å². The van der Waals surface area contributed by atoms with Gasteiger partial charge in [-0.25, -0.2) is 9.59 Å². The number of likely N-dealkylation sites (tertiary alicyclic amines) is 1. The zero-order valence-electron chi connectivity index (χ0n) is 14.7. The average molecular weight is 350 g/mol. The van der Waals surface area contributed by atoms with E-state index < -0.39 is 18.3 Å². The molecule has 0 saturated carbocycles. The highest BCUT2D eigenvalue weighted by Crippen LogP contribution is 2.17. The van der Waals surface area contributed by atoms with Crippen LogP contribution in [0, 0.1) is 11.8 Å². The van der Waals surface area contributed by atoms with Crippen LogP contribution in [-0.2, 0) is 16.1 Å². The van der Waals surface area contributed by atoms with E-state index >= 15 is 0 Å². The van der Waals surface area contributed by atoms with E-state index in [1.54, 1.807) is 0 Å². The zero-order valence-corrected chi connectivity index (χ0v) is 14.7. The minimum absolute atomic E-state index is 0.188. The van der Waals surface area contributed by atoms with Gasteiger partial charge < -0.3 is 24.8 Å². The topological polar surface area (TPSA) is 88.1 Å². The van der Waals surface area contributed by atoms with E-state index in [4.69, 9.17) is 9.47 Å². The molecule has 7 nitrogen and oxygen atoms in total. The molecule has 1 heterocycles. The molecular formula is C18H26N2O5. The van der Waals surface area contributed by atoms with Crippen molar-refractivity contribution in [1.29, 1.82) is 0 Å². The Morgan fingerprint density at radius 1 is 1.24 bits per heavy atom. The number of ether oxygens (including phenoxy) is 2. The van der Waals surface area contributed by atoms with Gasteiger partial charge in [-0.2, -0.15) is 0 Å². The average Bonchev–Trinajstić information content (AvgIpc) is 2.98. The van der Waals surface area contributed by atoms with Gasteiger partial charge in [0.1, 0.15) is 6.61 Å². The summed E-state index contributed by atoms with van der Waals surface area (Å²) < 4.78 is 10.3. The Bertz CT molecular complexity index is 564. The standard InChI is InChI=1S/C18H26N2O5/c1-13(2)11-25-18(23)20-9-15(16(21)10-20)8-19-17(22)24-12-14-6-4-3-5-7-14/h3-7,13,15-16,21H,8-12H2,1-2H3,(H,19,22). The number of aliphatic hydroxyl groups is 1. The number of rotatable bonds is 6. The number of hydrogen-bond acceptors (Lipinski definition) is 5. The number of nitrogens with one attached hydrogen (secondary N) is 1. The first kappa shape index (κ1) is 19.1. The quantitative estimate of drug-likeness (QED) is 0.819. The zero-order chi connectivity index (χ0) is 18.2. The maximum Gasteiger partial charge on any atom is 0.409 e. The number of nitrogens with zero attached hydrogens (tertiary/aromatic N) is 1. The third kappa shape index (κ3) is 6.26. The number of hydrogen-bond donors (Lipinski definition) is 2. The Morgan fingerprint density at radius 3 is 2.64 bits per heavy atom. The highest BCUT2D eigenvalue weighted by atomic mass is 16.6. The first-order valence-electron chi connectivity index (χ1n) is 8.50. The van der Waals surface area contributed by atoms with Gasteiger partial charge in [-0.3, -0.25) is 0 Å². The summed E-state index contributed by atoms with van der Waals surface area (Å²) >= 11 is 0. The van der Waals surface area contributed by atoms with Crippen molar-refractivity contribution in [3.8, 4) is 0 Å². The summed E-state index contributed by atoms with van der Waals surface area (Å²) in [5.41, 5.74) is 0.901. The molecule has 1 aliphatic heterocycles. The number of amides is 2. The van der Waals surface area contributed by atoms with Crippen molar-refractivity contribution in [2.24, 2.45) is 11.8 Å². The molecule has 2 rings (SSSR count). The highest BCUT2D eigenvalue weighted by molar-refractivity contribution is 5.68. The molecule has 1 fully saturated rings. The minimum Gasteiger partial charge on any atom is -0.449 e. The van der Waals surface area contributed by atoms with E-state index in [1.165, 1.54) is 4.90 Å². The Kier molecular flexibility index (Phi) is 7.06. The molecule has 2 unspecified atom stereocenters. The molecule has 2 amide bonds. The number of carbonyl (C=O) groups excluding carboxylic acids is 2. The van der Waals surface area contributed by atoms with E-state index in [0.29, 0.717) is 13.2 Å². The van der Waals surface area contributed by atoms with Crippen LogP contribution in [0.3, 0.4) is 0 Å². The number of β-amino-alcohol motifs (C(OH)–C–C–N with tert-alkyl or cyclic N) is 1. The van der Waals surface area contributed by atoms with E-state index in [2.05, 4.69) is 5.32 Å². The van der Waals surface area contributed by atoms with Crippen molar-refractivity contribution in [3.05, 3.63) is 35.9 Å². The molecule has 2 N–H and O–H groups in total. The van der Waals surface area contributed by atoms with E-state index in [1.807, 2.05) is 44.2 Å². The molecule has 1 saturated heterocycles. The molecule has 7 heteroatoms. The molecular weight excluding hydrogens is 324 g/mol. The van der Waals surface area contributed by atoms with Gasteiger partial charge in [0.2, 0.25) is 0 Å². The van der Waals surface area contributed by atoms with Gasteiger partial charge in [0.25, 0.3) is 0 Å². The predicted molar refractivity (Wildman–Crippen MR) is 91.9 cm³/mol. The van der Waals surface area contributed by atoms with Gasteiger partial charge in [0.05, 0.1) is 19.3 Å². The molecule has 0 aromatic heterocycles. The lowest BCUT2D eigenvalue weighted by Gasteiger charge is -2.17. The second-order valence-electron chi connectivity index (χ2n) is 6.65. The lowest BCUT2D eigenvalue weighted by atomic mass is 10.1. The largest absolute Gasteiger partial charge is 0.449 e. The van der Waals surface area contributed by atoms with Crippen molar-refractivity contribution >= 4 is 12.2 Å². The third-order valence-electron chi connectivity index (χ3n) is 3.93. The van der Waals surface area contributed by atoms with E-state index in [-0.39, 0.29) is 31.5 Å². The molecule has 1 aromatic carbocycles. The van der Waals surface area contributed by atoms with Crippen LogP contribution in [-0.4, -0.2) is 54.5 Å². The normalized spacial score (nSPS) is 19.8. The number of aliphatic hydroxyl groups excluding tert-OH is 1. The van der Waals surface area contributed by atoms with Gasteiger partial charge >= 0.3 is 12.2 Å². The Hall–Kier alpha value is -2.28. The fourth-order valence-corrected chi connectivity index (χ4v) is 2.52. The first-order chi connectivity index (χ1) is 12.0. The summed E-state index contributed by atoms with van der Waals surface area (Å²) in [5.74, 6) is 0.0178. The second kappa shape index (κ2) is 9.27. The van der Waals surface area contributed by atoms with Crippen molar-refractivity contribution in [1.82, 2.24) is 10.2 Å². The van der Waals surface area contributed by atoms with Crippen LogP contribution < -0.4 is 5.32 Å². The highest BCUT2D eigenvalue weighted by Gasteiger charge is 2.35. The van der Waals surface area contributed by atoms with Crippen LogP contribution in [0.15, 0.2) is 30.3 Å². The van der Waals surface area contributed by atoms with Crippen LogP contribution in [0.2, 0.25) is 0 Å². The van der Waals surface area contributed by atoms with Crippen LogP contribution in [0.25, 0.3) is 0 Å². The Morgan fingerprint density at radius 2 is 1.96 bits per heavy atom. The summed E-state index contributed by atoms with van der Waals surface area (Å²) in [4.78, 5) is 25.1. The monoisotopic (exact) mass is 350 g/mol. The number of carbonyl (C=O) groups is 2. The van der Waals surface area contributed by atoms with Gasteiger partial charge in [-0.05, 0) is 11.5 Å². The molecule has 1 aliphatic rings. The van der Waals surface area contributed by atoms with Gasteiger partial charge in [0.15, 0.2) is 0 Å². The van der Waals surface area contributed by atoms with Gasteiger partial charge in [-0.15, -0.1) is 0 Å². The summed E-state index contributed by atoms with van der Waals surface area (Å²) in [6.07, 6.45) is -1.67. The third-order valence-corrected chi connectivity index (χ3v) is 3.93. The molecule has 0 spiro atoms. The summed E-state index contributed by atoms with van der Waals surface area (Å²) in [7, 11) is 0. The summed E-state index contributed by atoms with van der Waals surface area (Å²) in [6, 6.07) is 9.38. The molecule has 0 aliphatic carbocycles.